The molecule has 0 radical (unpaired) electrons. The van der Waals surface area contributed by atoms with Crippen LogP contribution >= 0.6 is 21.6 Å². The van der Waals surface area contributed by atoms with Crippen molar-refractivity contribution in [1.82, 2.24) is 4.90 Å². The summed E-state index contributed by atoms with van der Waals surface area (Å²) < 4.78 is 0. The van der Waals surface area contributed by atoms with E-state index in [1.165, 1.54) is 4.90 Å². The Bertz CT molecular complexity index is 885. The van der Waals surface area contributed by atoms with Crippen LogP contribution in [-0.4, -0.2) is 42.0 Å². The van der Waals surface area contributed by atoms with Crippen molar-refractivity contribution < 1.29 is 14.4 Å². The molecule has 0 spiro atoms. The van der Waals surface area contributed by atoms with Crippen LogP contribution < -0.4 is 5.73 Å². The monoisotopic (exact) mass is 414 g/mol. The Balaban J connectivity index is 1.95. The van der Waals surface area contributed by atoms with E-state index >= 15 is 0 Å². The Morgan fingerprint density at radius 3 is 2.54 bits per heavy atom. The normalized spacial score (nSPS) is 15.7. The van der Waals surface area contributed by atoms with Gasteiger partial charge in [0.25, 0.3) is 0 Å². The minimum absolute atomic E-state index is 0.106. The lowest BCUT2D eigenvalue weighted by Crippen LogP contribution is -2.40. The van der Waals surface area contributed by atoms with Crippen molar-refractivity contribution >= 4 is 39.1 Å². The zero-order valence-electron chi connectivity index (χ0n) is 15.4. The number of fused-ring (bicyclic) bond motifs is 3. The lowest BCUT2D eigenvalue weighted by Gasteiger charge is -2.22. The molecule has 0 aliphatic carbocycles. The number of hydrogen-bond donors (Lipinski definition) is 1. The number of nitrogens with two attached hydrogens (primary N) is 1. The van der Waals surface area contributed by atoms with Crippen LogP contribution in [0.15, 0.2) is 48.5 Å². The molecule has 0 atom stereocenters. The minimum Gasteiger partial charge on any atom is -0.330 e. The van der Waals surface area contributed by atoms with Crippen LogP contribution in [-0.2, 0) is 16.3 Å². The Morgan fingerprint density at radius 2 is 1.71 bits per heavy atom. The van der Waals surface area contributed by atoms with Gasteiger partial charge < -0.3 is 10.6 Å². The predicted molar refractivity (Wildman–Crippen MR) is 114 cm³/mol. The maximum absolute atomic E-state index is 12.9. The van der Waals surface area contributed by atoms with Crippen molar-refractivity contribution in [2.45, 2.75) is 17.9 Å². The van der Waals surface area contributed by atoms with E-state index in [9.17, 15) is 14.4 Å². The minimum atomic E-state index is -0.283. The third kappa shape index (κ3) is 5.25. The number of carbonyl (C=O) groups excluding carboxylic acids is 3. The molecular formula is C21H22N2O3S2. The number of benzene rings is 2. The summed E-state index contributed by atoms with van der Waals surface area (Å²) in [4.78, 5) is 39.5. The Hall–Kier alpha value is -2.09. The van der Waals surface area contributed by atoms with E-state index in [0.717, 1.165) is 16.9 Å². The number of amides is 1. The van der Waals surface area contributed by atoms with Crippen molar-refractivity contribution in [3.05, 3.63) is 70.8 Å². The largest absolute Gasteiger partial charge is 0.330 e. The summed E-state index contributed by atoms with van der Waals surface area (Å²) in [6.45, 7) is -0.0746. The van der Waals surface area contributed by atoms with Gasteiger partial charge in [-0.15, -0.1) is 0 Å². The highest BCUT2D eigenvalue weighted by Crippen LogP contribution is 2.31. The average molecular weight is 415 g/mol. The predicted octanol–water partition coefficient (Wildman–Crippen LogP) is 3.32. The molecule has 2 bridgehead atoms. The van der Waals surface area contributed by atoms with Gasteiger partial charge in [-0.25, -0.2) is 0 Å². The molecule has 2 aromatic carbocycles. The molecule has 3 rings (SSSR count). The second kappa shape index (κ2) is 9.91. The van der Waals surface area contributed by atoms with E-state index in [0.29, 0.717) is 16.9 Å². The molecule has 1 aliphatic heterocycles. The van der Waals surface area contributed by atoms with Gasteiger partial charge in [-0.1, -0.05) is 64.1 Å². The molecule has 0 aromatic heterocycles. The zero-order chi connectivity index (χ0) is 19.9. The maximum Gasteiger partial charge on any atom is 0.224 e. The van der Waals surface area contributed by atoms with Gasteiger partial charge in [-0.3, -0.25) is 14.4 Å². The Morgan fingerprint density at radius 1 is 0.964 bits per heavy atom. The summed E-state index contributed by atoms with van der Waals surface area (Å²) in [5, 5.41) is 0. The molecule has 0 fully saturated rings. The molecular weight excluding hydrogens is 392 g/mol. The average Bonchev–Trinajstić information content (AvgIpc) is 2.70. The first-order chi connectivity index (χ1) is 13.6. The second-order valence-electron chi connectivity index (χ2n) is 6.52. The van der Waals surface area contributed by atoms with Gasteiger partial charge in [0.1, 0.15) is 0 Å². The highest BCUT2D eigenvalue weighted by atomic mass is 33.1. The number of carbonyl (C=O) groups is 3. The van der Waals surface area contributed by atoms with Crippen LogP contribution in [0.1, 0.15) is 38.3 Å². The fraction of sp³-hybridized carbons (Fsp3) is 0.286. The van der Waals surface area contributed by atoms with Crippen molar-refractivity contribution in [1.29, 1.82) is 0 Å². The van der Waals surface area contributed by atoms with Crippen LogP contribution in [0, 0.1) is 0 Å². The van der Waals surface area contributed by atoms with Crippen LogP contribution in [0.5, 0.6) is 0 Å². The van der Waals surface area contributed by atoms with Gasteiger partial charge in [0, 0.05) is 35.6 Å². The van der Waals surface area contributed by atoms with E-state index in [1.54, 1.807) is 33.7 Å². The van der Waals surface area contributed by atoms with Gasteiger partial charge in [0.15, 0.2) is 11.6 Å². The zero-order valence-corrected chi connectivity index (χ0v) is 17.1. The van der Waals surface area contributed by atoms with Crippen LogP contribution in [0.4, 0.5) is 0 Å². The molecule has 0 saturated carbocycles. The van der Waals surface area contributed by atoms with E-state index in [2.05, 4.69) is 0 Å². The topological polar surface area (TPSA) is 80.5 Å². The van der Waals surface area contributed by atoms with E-state index in [-0.39, 0.29) is 43.5 Å². The molecule has 0 saturated heterocycles. The first-order valence-electron chi connectivity index (χ1n) is 9.04. The SMILES string of the molecule is NCCC(=O)N1CC(=O)c2cccc(c2)CSSCc2ccccc2C(=O)C1. The van der Waals surface area contributed by atoms with Gasteiger partial charge in [0.05, 0.1) is 13.1 Å². The van der Waals surface area contributed by atoms with Gasteiger partial charge in [0.2, 0.25) is 5.91 Å². The summed E-state index contributed by atoms with van der Waals surface area (Å²) in [7, 11) is 3.37. The first kappa shape index (κ1) is 20.6. The van der Waals surface area contributed by atoms with E-state index in [1.807, 2.05) is 36.4 Å². The quantitative estimate of drug-likeness (QED) is 0.760. The fourth-order valence-corrected chi connectivity index (χ4v) is 5.15. The van der Waals surface area contributed by atoms with Crippen molar-refractivity contribution in [2.24, 2.45) is 5.73 Å². The van der Waals surface area contributed by atoms with E-state index in [4.69, 9.17) is 5.73 Å². The van der Waals surface area contributed by atoms with Crippen molar-refractivity contribution in [3.63, 3.8) is 0 Å². The lowest BCUT2D eigenvalue weighted by molar-refractivity contribution is -0.130. The van der Waals surface area contributed by atoms with Crippen LogP contribution in [0.2, 0.25) is 0 Å². The lowest BCUT2D eigenvalue weighted by atomic mass is 10.0. The number of hydrogen-bond acceptors (Lipinski definition) is 6. The van der Waals surface area contributed by atoms with Crippen LogP contribution in [0.3, 0.4) is 0 Å². The summed E-state index contributed by atoms with van der Waals surface area (Å²) in [6.07, 6.45) is 0.106. The molecule has 28 heavy (non-hydrogen) atoms. The highest BCUT2D eigenvalue weighted by molar-refractivity contribution is 8.76. The summed E-state index contributed by atoms with van der Waals surface area (Å²) in [5.74, 6) is 0.836. The third-order valence-corrected chi connectivity index (χ3v) is 6.72. The smallest absolute Gasteiger partial charge is 0.224 e. The number of nitrogens with zero attached hydrogens (tertiary/aromatic N) is 1. The molecule has 0 unspecified atom stereocenters. The fourth-order valence-electron chi connectivity index (χ4n) is 3.00. The number of rotatable bonds is 2. The molecule has 1 heterocycles. The third-order valence-electron chi connectivity index (χ3n) is 4.47. The van der Waals surface area contributed by atoms with Crippen molar-refractivity contribution in [3.8, 4) is 0 Å². The molecule has 5 nitrogen and oxygen atoms in total. The maximum atomic E-state index is 12.9. The van der Waals surface area contributed by atoms with Gasteiger partial charge in [-0.05, 0) is 17.2 Å². The highest BCUT2D eigenvalue weighted by Gasteiger charge is 2.23. The van der Waals surface area contributed by atoms with Gasteiger partial charge >= 0.3 is 0 Å². The van der Waals surface area contributed by atoms with Crippen LogP contribution in [0.25, 0.3) is 0 Å². The van der Waals surface area contributed by atoms with Gasteiger partial charge in [-0.2, -0.15) is 0 Å². The molecule has 2 aromatic rings. The summed E-state index contributed by atoms with van der Waals surface area (Å²) >= 11 is 0. The summed E-state index contributed by atoms with van der Waals surface area (Å²) in [6, 6.07) is 14.9. The molecule has 2 N–H and O–H groups in total. The first-order valence-corrected chi connectivity index (χ1v) is 11.5. The van der Waals surface area contributed by atoms with E-state index < -0.39 is 0 Å². The molecule has 7 heteroatoms. The molecule has 146 valence electrons. The molecule has 1 amide bonds. The van der Waals surface area contributed by atoms with Crippen molar-refractivity contribution in [2.75, 3.05) is 19.6 Å². The molecule has 1 aliphatic rings. The summed E-state index contributed by atoms with van der Waals surface area (Å²) in [5.41, 5.74) is 8.67. The second-order valence-corrected chi connectivity index (χ2v) is 8.98. The Kier molecular flexibility index (Phi) is 7.30. The number of Topliss-reactive ketones (excluding diaryl/α,β-unsaturated/α-hetero) is 2. The number of ketones is 2. The Labute approximate surface area is 172 Å². The standard InChI is InChI=1S/C21H22N2O3S2/c22-9-8-21(26)23-11-19(24)16-6-3-4-15(10-16)13-27-28-14-17-5-1-2-7-18(17)20(25)12-23/h1-7,10H,8-9,11-14,22H2.